The molecule has 4 rings (SSSR count). The van der Waals surface area contributed by atoms with Gasteiger partial charge in [0.1, 0.15) is 0 Å². The van der Waals surface area contributed by atoms with Crippen LogP contribution in [0, 0.1) is 5.92 Å². The van der Waals surface area contributed by atoms with E-state index >= 15 is 0 Å². The van der Waals surface area contributed by atoms with Crippen molar-refractivity contribution < 1.29 is 0 Å². The molecule has 1 atom stereocenters. The molecule has 1 saturated carbocycles. The summed E-state index contributed by atoms with van der Waals surface area (Å²) in [6.45, 7) is 7.63. The van der Waals surface area contributed by atoms with Crippen LogP contribution in [0.5, 0.6) is 0 Å². The third-order valence-corrected chi connectivity index (χ3v) is 5.36. The first-order valence-corrected chi connectivity index (χ1v) is 9.23. The van der Waals surface area contributed by atoms with Gasteiger partial charge < -0.3 is 15.1 Å². The number of hydrogen-bond acceptors (Lipinski definition) is 2. The lowest BCUT2D eigenvalue weighted by molar-refractivity contribution is 0.315. The number of hydrogen-bond donors (Lipinski definition) is 1. The summed E-state index contributed by atoms with van der Waals surface area (Å²) in [6.07, 6.45) is 5.28. The van der Waals surface area contributed by atoms with E-state index in [9.17, 15) is 0 Å². The maximum Gasteiger partial charge on any atom is 0.198 e. The molecule has 2 aliphatic heterocycles. The molecule has 4 nitrogen and oxygen atoms in total. The van der Waals surface area contributed by atoms with Crippen molar-refractivity contribution in [1.29, 1.82) is 0 Å². The molecule has 1 N–H and O–H groups in total. The fourth-order valence-corrected chi connectivity index (χ4v) is 3.95. The molecule has 1 aromatic carbocycles. The maximum atomic E-state index is 5.00. The van der Waals surface area contributed by atoms with Gasteiger partial charge in [0.2, 0.25) is 0 Å². The normalized spacial score (nSPS) is 24.0. The summed E-state index contributed by atoms with van der Waals surface area (Å²) < 4.78 is 0. The summed E-state index contributed by atoms with van der Waals surface area (Å²) >= 11 is 0. The van der Waals surface area contributed by atoms with E-state index in [1.54, 1.807) is 0 Å². The van der Waals surface area contributed by atoms with Crippen LogP contribution in [0.25, 0.3) is 0 Å². The Balaban J connectivity index is 0.00000169. The molecule has 1 saturated heterocycles. The number of fused-ring (bicyclic) bond motifs is 1. The van der Waals surface area contributed by atoms with Gasteiger partial charge in [-0.25, -0.2) is 0 Å². The quantitative estimate of drug-likeness (QED) is 0.444. The van der Waals surface area contributed by atoms with Crippen molar-refractivity contribution in [2.24, 2.45) is 10.9 Å². The second kappa shape index (κ2) is 8.04. The number of nitrogens with one attached hydrogen (secondary N) is 1. The molecule has 3 aliphatic rings. The SMILES string of the molecule is CCNC(=NCC1CCN(C2CC2)C1)N1CCc2ccccc21.I. The van der Waals surface area contributed by atoms with Gasteiger partial charge >= 0.3 is 0 Å². The zero-order valence-corrected chi connectivity index (χ0v) is 16.9. The molecule has 2 fully saturated rings. The van der Waals surface area contributed by atoms with Crippen molar-refractivity contribution in [2.45, 2.75) is 38.6 Å². The molecule has 24 heavy (non-hydrogen) atoms. The Morgan fingerprint density at radius 3 is 2.83 bits per heavy atom. The van der Waals surface area contributed by atoms with Gasteiger partial charge in [0, 0.05) is 37.9 Å². The molecule has 1 aliphatic carbocycles. The zero-order valence-electron chi connectivity index (χ0n) is 14.6. The highest BCUT2D eigenvalue weighted by Crippen LogP contribution is 2.32. The minimum atomic E-state index is 0. The molecule has 0 radical (unpaired) electrons. The van der Waals surface area contributed by atoms with E-state index in [0.717, 1.165) is 44.0 Å². The summed E-state index contributed by atoms with van der Waals surface area (Å²) in [5, 5.41) is 3.50. The van der Waals surface area contributed by atoms with E-state index < -0.39 is 0 Å². The van der Waals surface area contributed by atoms with Crippen LogP contribution in [-0.4, -0.2) is 49.6 Å². The number of nitrogens with zero attached hydrogens (tertiary/aromatic N) is 3. The molecule has 0 aromatic heterocycles. The average molecular weight is 440 g/mol. The molecular weight excluding hydrogens is 411 g/mol. The van der Waals surface area contributed by atoms with Gasteiger partial charge in [-0.2, -0.15) is 0 Å². The summed E-state index contributed by atoms with van der Waals surface area (Å²) in [7, 11) is 0. The minimum absolute atomic E-state index is 0. The first-order chi connectivity index (χ1) is 11.3. The Hall–Kier alpha value is -0.820. The first kappa shape index (κ1) is 18.0. The Morgan fingerprint density at radius 2 is 2.04 bits per heavy atom. The molecule has 0 spiro atoms. The van der Waals surface area contributed by atoms with E-state index in [2.05, 4.69) is 46.3 Å². The Bertz CT molecular complexity index is 584. The van der Waals surface area contributed by atoms with Crippen molar-refractivity contribution in [2.75, 3.05) is 37.6 Å². The van der Waals surface area contributed by atoms with Gasteiger partial charge in [0.05, 0.1) is 0 Å². The van der Waals surface area contributed by atoms with Gasteiger partial charge in [-0.05, 0) is 56.7 Å². The second-order valence-electron chi connectivity index (χ2n) is 7.11. The van der Waals surface area contributed by atoms with Crippen molar-refractivity contribution in [3.8, 4) is 0 Å². The van der Waals surface area contributed by atoms with Crippen LogP contribution < -0.4 is 10.2 Å². The lowest BCUT2D eigenvalue weighted by Crippen LogP contribution is -2.41. The number of likely N-dealkylation sites (tertiary alicyclic amines) is 1. The van der Waals surface area contributed by atoms with Crippen LogP contribution in [0.2, 0.25) is 0 Å². The monoisotopic (exact) mass is 440 g/mol. The van der Waals surface area contributed by atoms with Crippen molar-refractivity contribution >= 4 is 35.6 Å². The maximum absolute atomic E-state index is 5.00. The van der Waals surface area contributed by atoms with Crippen molar-refractivity contribution in [3.05, 3.63) is 29.8 Å². The lowest BCUT2D eigenvalue weighted by atomic mass is 10.1. The van der Waals surface area contributed by atoms with Gasteiger partial charge in [0.25, 0.3) is 0 Å². The Kier molecular flexibility index (Phi) is 6.02. The smallest absolute Gasteiger partial charge is 0.198 e. The van der Waals surface area contributed by atoms with Crippen molar-refractivity contribution in [1.82, 2.24) is 10.2 Å². The van der Waals surface area contributed by atoms with E-state index in [4.69, 9.17) is 4.99 Å². The van der Waals surface area contributed by atoms with Gasteiger partial charge in [-0.3, -0.25) is 4.99 Å². The number of aliphatic imine (C=N–C) groups is 1. The topological polar surface area (TPSA) is 30.9 Å². The van der Waals surface area contributed by atoms with Crippen molar-refractivity contribution in [3.63, 3.8) is 0 Å². The van der Waals surface area contributed by atoms with E-state index in [0.29, 0.717) is 0 Å². The highest BCUT2D eigenvalue weighted by atomic mass is 127. The van der Waals surface area contributed by atoms with Gasteiger partial charge in [0.15, 0.2) is 5.96 Å². The number of rotatable bonds is 4. The van der Waals surface area contributed by atoms with Crippen LogP contribution in [0.1, 0.15) is 31.7 Å². The molecule has 132 valence electrons. The number of benzene rings is 1. The van der Waals surface area contributed by atoms with Crippen LogP contribution in [0.4, 0.5) is 5.69 Å². The lowest BCUT2D eigenvalue weighted by Gasteiger charge is -2.23. The number of anilines is 1. The zero-order chi connectivity index (χ0) is 15.6. The molecule has 0 amide bonds. The highest BCUT2D eigenvalue weighted by molar-refractivity contribution is 14.0. The molecular formula is C19H29IN4. The first-order valence-electron chi connectivity index (χ1n) is 9.23. The molecule has 2 heterocycles. The number of guanidine groups is 1. The predicted octanol–water partition coefficient (Wildman–Crippen LogP) is 3.12. The van der Waals surface area contributed by atoms with Gasteiger partial charge in [-0.1, -0.05) is 18.2 Å². The van der Waals surface area contributed by atoms with E-state index in [-0.39, 0.29) is 24.0 Å². The molecule has 5 heteroatoms. The summed E-state index contributed by atoms with van der Waals surface area (Å²) in [5.74, 6) is 1.81. The van der Waals surface area contributed by atoms with Gasteiger partial charge in [-0.15, -0.1) is 24.0 Å². The number of halogens is 1. The molecule has 0 bridgehead atoms. The second-order valence-corrected chi connectivity index (χ2v) is 7.11. The molecule has 1 unspecified atom stereocenters. The van der Waals surface area contributed by atoms with Crippen LogP contribution in [0.15, 0.2) is 29.3 Å². The Labute approximate surface area is 162 Å². The minimum Gasteiger partial charge on any atom is -0.356 e. The third kappa shape index (κ3) is 3.87. The third-order valence-electron chi connectivity index (χ3n) is 5.36. The summed E-state index contributed by atoms with van der Waals surface area (Å²) in [6, 6.07) is 9.63. The summed E-state index contributed by atoms with van der Waals surface area (Å²) in [4.78, 5) is 10.0. The molecule has 1 aromatic rings. The predicted molar refractivity (Wildman–Crippen MR) is 112 cm³/mol. The Morgan fingerprint density at radius 1 is 1.21 bits per heavy atom. The standard InChI is InChI=1S/C19H28N4.HI/c1-2-20-19(23-12-10-16-5-3-4-6-18(16)23)21-13-15-9-11-22(14-15)17-7-8-17;/h3-6,15,17H,2,7-14H2,1H3,(H,20,21);1H. The van der Waals surface area contributed by atoms with Crippen LogP contribution in [0.3, 0.4) is 0 Å². The average Bonchev–Trinajstić information content (AvgIpc) is 3.17. The summed E-state index contributed by atoms with van der Waals surface area (Å²) in [5.41, 5.74) is 2.78. The van der Waals surface area contributed by atoms with E-state index in [1.807, 2.05) is 0 Å². The van der Waals surface area contributed by atoms with E-state index in [1.165, 1.54) is 43.6 Å². The fraction of sp³-hybridized carbons (Fsp3) is 0.632. The van der Waals surface area contributed by atoms with Crippen LogP contribution >= 0.6 is 24.0 Å². The fourth-order valence-electron chi connectivity index (χ4n) is 3.95. The largest absolute Gasteiger partial charge is 0.356 e. The highest BCUT2D eigenvalue weighted by Gasteiger charge is 2.34. The number of para-hydroxylation sites is 1. The van der Waals surface area contributed by atoms with Crippen LogP contribution in [-0.2, 0) is 6.42 Å².